The Morgan fingerprint density at radius 1 is 0.372 bits per heavy atom. The van der Waals surface area contributed by atoms with E-state index >= 15 is 0 Å². The first-order valence-electron chi connectivity index (χ1n) is 14.9. The van der Waals surface area contributed by atoms with Crippen molar-refractivity contribution in [3.63, 3.8) is 0 Å². The largest absolute Gasteiger partial charge is 0.309 e. The van der Waals surface area contributed by atoms with Gasteiger partial charge in [0, 0.05) is 43.7 Å². The van der Waals surface area contributed by atoms with Crippen LogP contribution in [0.2, 0.25) is 0 Å². The van der Waals surface area contributed by atoms with Gasteiger partial charge in [0.15, 0.2) is 0 Å². The number of nitrogens with zero attached hydrogens (tertiary/aromatic N) is 2. The zero-order valence-electron chi connectivity index (χ0n) is 23.8. The Kier molecular flexibility index (Phi) is 5.15. The summed E-state index contributed by atoms with van der Waals surface area (Å²) < 4.78 is 4.96. The highest BCUT2D eigenvalue weighted by Crippen LogP contribution is 2.47. The van der Waals surface area contributed by atoms with E-state index in [0.717, 1.165) is 0 Å². The molecule has 0 aliphatic carbocycles. The van der Waals surface area contributed by atoms with Crippen LogP contribution in [0.3, 0.4) is 0 Å². The van der Waals surface area contributed by atoms with E-state index in [1.54, 1.807) is 0 Å². The number of fused-ring (bicyclic) bond motifs is 10. The Morgan fingerprint density at radius 2 is 0.837 bits per heavy atom. The summed E-state index contributed by atoms with van der Waals surface area (Å²) in [5.41, 5.74) is 11.0. The van der Waals surface area contributed by atoms with Gasteiger partial charge in [-0.3, -0.25) is 0 Å². The van der Waals surface area contributed by atoms with Crippen LogP contribution < -0.4 is 0 Å². The molecule has 0 N–H and O–H groups in total. The third-order valence-electron chi connectivity index (χ3n) is 8.91. The highest BCUT2D eigenvalue weighted by molar-refractivity contribution is 6.37. The fraction of sp³-hybridized carbons (Fsp3) is 0.0244. The maximum Gasteiger partial charge on any atom is 0.0627 e. The topological polar surface area (TPSA) is 9.86 Å². The first-order chi connectivity index (χ1) is 21.3. The molecule has 2 heterocycles. The number of hydrogen-bond acceptors (Lipinski definition) is 0. The van der Waals surface area contributed by atoms with Crippen molar-refractivity contribution < 1.29 is 0 Å². The number of para-hydroxylation sites is 2. The Balaban J connectivity index is 1.52. The molecular formula is C41H28N2. The molecule has 0 saturated carbocycles. The summed E-state index contributed by atoms with van der Waals surface area (Å²) >= 11 is 0. The van der Waals surface area contributed by atoms with Gasteiger partial charge in [0.25, 0.3) is 0 Å². The van der Waals surface area contributed by atoms with Crippen molar-refractivity contribution >= 4 is 54.4 Å². The van der Waals surface area contributed by atoms with Gasteiger partial charge in [0.2, 0.25) is 0 Å². The molecule has 0 aliphatic heterocycles. The predicted molar refractivity (Wildman–Crippen MR) is 183 cm³/mol. The van der Waals surface area contributed by atoms with Gasteiger partial charge in [-0.15, -0.1) is 0 Å². The number of aromatic nitrogens is 2. The lowest BCUT2D eigenvalue weighted by Crippen LogP contribution is -1.97. The second kappa shape index (κ2) is 9.20. The quantitative estimate of drug-likeness (QED) is 0.208. The Labute approximate surface area is 249 Å². The SMILES string of the molecule is Cc1cccc(-n2c3ccccc3c3c4c5ccccc5n(-c5cccc(-c6ccccc6)c5)c4c4ccccc4c32)c1. The zero-order valence-corrected chi connectivity index (χ0v) is 23.8. The maximum atomic E-state index is 2.48. The summed E-state index contributed by atoms with van der Waals surface area (Å²) in [5, 5.41) is 7.66. The van der Waals surface area contributed by atoms with Gasteiger partial charge in [-0.2, -0.15) is 0 Å². The molecule has 0 aliphatic rings. The van der Waals surface area contributed by atoms with E-state index in [4.69, 9.17) is 0 Å². The second-order valence-electron chi connectivity index (χ2n) is 11.5. The molecule has 0 fully saturated rings. The van der Waals surface area contributed by atoms with E-state index in [2.05, 4.69) is 168 Å². The van der Waals surface area contributed by atoms with E-state index in [9.17, 15) is 0 Å². The van der Waals surface area contributed by atoms with E-state index in [0.29, 0.717) is 0 Å². The molecular weight excluding hydrogens is 520 g/mol. The van der Waals surface area contributed by atoms with Gasteiger partial charge in [0.1, 0.15) is 0 Å². The van der Waals surface area contributed by atoms with Crippen molar-refractivity contribution in [1.29, 1.82) is 0 Å². The lowest BCUT2D eigenvalue weighted by molar-refractivity contribution is 1.17. The zero-order chi connectivity index (χ0) is 28.5. The first-order valence-corrected chi connectivity index (χ1v) is 14.9. The molecule has 9 rings (SSSR count). The number of benzene rings is 7. The van der Waals surface area contributed by atoms with Gasteiger partial charge < -0.3 is 9.13 Å². The third kappa shape index (κ3) is 3.47. The molecule has 0 amide bonds. The monoisotopic (exact) mass is 548 g/mol. The van der Waals surface area contributed by atoms with E-state index in [1.165, 1.54) is 82.4 Å². The van der Waals surface area contributed by atoms with Crippen molar-refractivity contribution in [2.75, 3.05) is 0 Å². The molecule has 43 heavy (non-hydrogen) atoms. The van der Waals surface area contributed by atoms with Crippen LogP contribution in [0, 0.1) is 6.92 Å². The van der Waals surface area contributed by atoms with Gasteiger partial charge >= 0.3 is 0 Å². The molecule has 2 aromatic heterocycles. The highest BCUT2D eigenvalue weighted by Gasteiger charge is 2.24. The van der Waals surface area contributed by atoms with Crippen LogP contribution in [0.15, 0.2) is 152 Å². The van der Waals surface area contributed by atoms with Crippen LogP contribution in [0.5, 0.6) is 0 Å². The van der Waals surface area contributed by atoms with Crippen LogP contribution in [-0.2, 0) is 0 Å². The molecule has 0 radical (unpaired) electrons. The average molecular weight is 549 g/mol. The van der Waals surface area contributed by atoms with E-state index in [-0.39, 0.29) is 0 Å². The van der Waals surface area contributed by atoms with E-state index < -0.39 is 0 Å². The molecule has 9 aromatic rings. The summed E-state index contributed by atoms with van der Waals surface area (Å²) in [7, 11) is 0. The standard InChI is InChI=1S/C41H28N2/c1-27-13-11-17-30(25-27)42-36-23-9-7-21-34(36)38-39-35-22-8-10-24-37(35)43(41(39)33-20-6-5-19-32(33)40(38)42)31-18-12-16-29(26-31)28-14-3-2-4-15-28/h2-26H,1H3. The summed E-state index contributed by atoms with van der Waals surface area (Å²) in [5.74, 6) is 0. The van der Waals surface area contributed by atoms with Crippen molar-refractivity contribution in [1.82, 2.24) is 9.13 Å². The lowest BCUT2D eigenvalue weighted by Gasteiger charge is -2.14. The smallest absolute Gasteiger partial charge is 0.0627 e. The molecule has 0 unspecified atom stereocenters. The van der Waals surface area contributed by atoms with Crippen LogP contribution >= 0.6 is 0 Å². The minimum absolute atomic E-state index is 1.17. The lowest BCUT2D eigenvalue weighted by atomic mass is 9.99. The Hall–Kier alpha value is -5.60. The van der Waals surface area contributed by atoms with Gasteiger partial charge in [-0.05, 0) is 60.0 Å². The molecule has 0 bridgehead atoms. The normalized spacial score (nSPS) is 11.8. The number of aryl methyl sites for hydroxylation is 1. The molecule has 202 valence electrons. The molecule has 2 heteroatoms. The molecule has 7 aromatic carbocycles. The van der Waals surface area contributed by atoms with Crippen LogP contribution in [0.25, 0.3) is 76.9 Å². The molecule has 0 atom stereocenters. The van der Waals surface area contributed by atoms with Gasteiger partial charge in [-0.1, -0.05) is 115 Å². The molecule has 0 saturated heterocycles. The summed E-state index contributed by atoms with van der Waals surface area (Å²) in [6.45, 7) is 2.17. The number of hydrogen-bond donors (Lipinski definition) is 0. The minimum Gasteiger partial charge on any atom is -0.309 e. The molecule has 2 nitrogen and oxygen atoms in total. The maximum absolute atomic E-state index is 2.48. The number of rotatable bonds is 3. The summed E-state index contributed by atoms with van der Waals surface area (Å²) in [4.78, 5) is 0. The predicted octanol–water partition coefficient (Wildman–Crippen LogP) is 11.0. The average Bonchev–Trinajstić information content (AvgIpc) is 3.59. The van der Waals surface area contributed by atoms with Crippen LogP contribution in [0.1, 0.15) is 5.56 Å². The van der Waals surface area contributed by atoms with E-state index in [1.807, 2.05) is 0 Å². The fourth-order valence-electron chi connectivity index (χ4n) is 7.15. The summed E-state index contributed by atoms with van der Waals surface area (Å²) in [6.07, 6.45) is 0. The van der Waals surface area contributed by atoms with Crippen molar-refractivity contribution in [2.45, 2.75) is 6.92 Å². The fourth-order valence-corrected chi connectivity index (χ4v) is 7.15. The van der Waals surface area contributed by atoms with Gasteiger partial charge in [-0.25, -0.2) is 0 Å². The Morgan fingerprint density at radius 3 is 1.42 bits per heavy atom. The van der Waals surface area contributed by atoms with Crippen LogP contribution in [-0.4, -0.2) is 9.13 Å². The van der Waals surface area contributed by atoms with Gasteiger partial charge in [0.05, 0.1) is 22.1 Å². The van der Waals surface area contributed by atoms with Crippen molar-refractivity contribution in [3.8, 4) is 22.5 Å². The van der Waals surface area contributed by atoms with Crippen molar-refractivity contribution in [3.05, 3.63) is 157 Å². The highest BCUT2D eigenvalue weighted by atomic mass is 15.0. The molecule has 0 spiro atoms. The van der Waals surface area contributed by atoms with Crippen LogP contribution in [0.4, 0.5) is 0 Å². The summed E-state index contributed by atoms with van der Waals surface area (Å²) in [6, 6.07) is 55.2. The first kappa shape index (κ1) is 24.0. The Bertz CT molecular complexity index is 2510. The second-order valence-corrected chi connectivity index (χ2v) is 11.5. The minimum atomic E-state index is 1.17. The third-order valence-corrected chi connectivity index (χ3v) is 8.91. The van der Waals surface area contributed by atoms with Crippen molar-refractivity contribution in [2.24, 2.45) is 0 Å².